The Labute approximate surface area is 50.0 Å². The summed E-state index contributed by atoms with van der Waals surface area (Å²) in [5.41, 5.74) is 0. The summed E-state index contributed by atoms with van der Waals surface area (Å²) in [5, 5.41) is 9.04. The predicted molar refractivity (Wildman–Crippen MR) is 33.7 cm³/mol. The summed E-state index contributed by atoms with van der Waals surface area (Å²) in [6, 6.07) is 0. The summed E-state index contributed by atoms with van der Waals surface area (Å²) < 4.78 is 0. The van der Waals surface area contributed by atoms with Crippen molar-refractivity contribution in [3.8, 4) is 0 Å². The molecule has 1 heteroatoms. The third-order valence-electron chi connectivity index (χ3n) is 1.70. The van der Waals surface area contributed by atoms with Gasteiger partial charge in [0.15, 0.2) is 0 Å². The lowest BCUT2D eigenvalue weighted by molar-refractivity contribution is 0.313. The number of allylic oxidation sites excluding steroid dienone is 2. The highest BCUT2D eigenvalue weighted by Crippen LogP contribution is 2.21. The lowest BCUT2D eigenvalue weighted by Crippen LogP contribution is -2.02. The first-order chi connectivity index (χ1) is 3.80. The minimum atomic E-state index is 0.420. The van der Waals surface area contributed by atoms with Crippen LogP contribution in [0.2, 0.25) is 0 Å². The average molecular weight is 112 g/mol. The highest BCUT2D eigenvalue weighted by molar-refractivity contribution is 4.98. The van der Waals surface area contributed by atoms with E-state index in [1.54, 1.807) is 0 Å². The van der Waals surface area contributed by atoms with Crippen LogP contribution in [0.1, 0.15) is 26.2 Å². The number of rotatable bonds is 0. The van der Waals surface area contributed by atoms with Crippen molar-refractivity contribution < 1.29 is 5.11 Å². The number of aliphatic hydroxyl groups excluding tert-OH is 1. The third-order valence-corrected chi connectivity index (χ3v) is 1.70. The van der Waals surface area contributed by atoms with Crippen molar-refractivity contribution in [1.29, 1.82) is 0 Å². The molecule has 8 heavy (non-hydrogen) atoms. The summed E-state index contributed by atoms with van der Waals surface area (Å²) in [4.78, 5) is 0. The molecule has 0 aromatic carbocycles. The Morgan fingerprint density at radius 2 is 2.50 bits per heavy atom. The maximum Gasteiger partial charge on any atom is 0.0910 e. The number of hydrogen-bond acceptors (Lipinski definition) is 1. The Morgan fingerprint density at radius 3 is 2.88 bits per heavy atom. The molecule has 46 valence electrons. The molecule has 0 radical (unpaired) electrons. The summed E-state index contributed by atoms with van der Waals surface area (Å²) in [5.74, 6) is 1.01. The van der Waals surface area contributed by atoms with E-state index in [9.17, 15) is 0 Å². The van der Waals surface area contributed by atoms with Crippen molar-refractivity contribution in [2.75, 3.05) is 0 Å². The predicted octanol–water partition coefficient (Wildman–Crippen LogP) is 2.25. The summed E-state index contributed by atoms with van der Waals surface area (Å²) in [7, 11) is 0. The molecular formula is C7H12O. The average Bonchev–Trinajstić information content (AvgIpc) is 1.77. The standard InChI is InChI=1S/C7H12O/c1-6-4-2-3-5-7(6)8/h5-6,8H,2-4H2,1H3. The number of hydrogen-bond donors (Lipinski definition) is 1. The molecule has 0 aromatic heterocycles. The normalized spacial score (nSPS) is 29.6. The molecule has 1 N–H and O–H groups in total. The topological polar surface area (TPSA) is 20.2 Å². The molecule has 1 aliphatic carbocycles. The smallest absolute Gasteiger partial charge is 0.0910 e. The first-order valence-electron chi connectivity index (χ1n) is 3.19. The molecule has 1 atom stereocenters. The molecule has 0 saturated carbocycles. The molecule has 0 fully saturated rings. The van der Waals surface area contributed by atoms with Gasteiger partial charge < -0.3 is 5.11 Å². The molecular weight excluding hydrogens is 100 g/mol. The molecule has 1 unspecified atom stereocenters. The maximum absolute atomic E-state index is 9.04. The van der Waals surface area contributed by atoms with Crippen LogP contribution in [-0.4, -0.2) is 5.11 Å². The van der Waals surface area contributed by atoms with Crippen molar-refractivity contribution in [3.05, 3.63) is 11.8 Å². The van der Waals surface area contributed by atoms with Gasteiger partial charge >= 0.3 is 0 Å². The molecule has 0 saturated heterocycles. The van der Waals surface area contributed by atoms with Crippen LogP contribution < -0.4 is 0 Å². The molecule has 0 aromatic rings. The van der Waals surface area contributed by atoms with E-state index in [1.807, 2.05) is 6.08 Å². The SMILES string of the molecule is CC1CCCC=C1O. The monoisotopic (exact) mass is 112 g/mol. The first-order valence-corrected chi connectivity index (χ1v) is 3.19. The molecule has 0 spiro atoms. The van der Waals surface area contributed by atoms with Gasteiger partial charge in [-0.05, 0) is 25.3 Å². The lowest BCUT2D eigenvalue weighted by atomic mass is 9.96. The minimum Gasteiger partial charge on any atom is -0.512 e. The Bertz CT molecular complexity index is 105. The van der Waals surface area contributed by atoms with Crippen molar-refractivity contribution in [2.24, 2.45) is 5.92 Å². The molecule has 0 bridgehead atoms. The fourth-order valence-electron chi connectivity index (χ4n) is 1.02. The van der Waals surface area contributed by atoms with Crippen LogP contribution in [0, 0.1) is 5.92 Å². The molecule has 1 aliphatic rings. The van der Waals surface area contributed by atoms with Crippen molar-refractivity contribution in [3.63, 3.8) is 0 Å². The Kier molecular flexibility index (Phi) is 1.56. The van der Waals surface area contributed by atoms with Gasteiger partial charge in [-0.2, -0.15) is 0 Å². The van der Waals surface area contributed by atoms with E-state index in [1.165, 1.54) is 6.42 Å². The number of aliphatic hydroxyl groups is 1. The second kappa shape index (κ2) is 2.21. The zero-order valence-corrected chi connectivity index (χ0v) is 5.22. The zero-order valence-electron chi connectivity index (χ0n) is 5.22. The van der Waals surface area contributed by atoms with Crippen molar-refractivity contribution >= 4 is 0 Å². The van der Waals surface area contributed by atoms with Gasteiger partial charge in [0.1, 0.15) is 0 Å². The quantitative estimate of drug-likeness (QED) is 0.509. The van der Waals surface area contributed by atoms with Gasteiger partial charge in [0, 0.05) is 5.92 Å². The van der Waals surface area contributed by atoms with Crippen LogP contribution in [0.4, 0.5) is 0 Å². The fourth-order valence-corrected chi connectivity index (χ4v) is 1.02. The first kappa shape index (κ1) is 5.67. The van der Waals surface area contributed by atoms with Gasteiger partial charge in [0.05, 0.1) is 5.76 Å². The Hall–Kier alpha value is -0.460. The van der Waals surface area contributed by atoms with E-state index in [4.69, 9.17) is 5.11 Å². The summed E-state index contributed by atoms with van der Waals surface area (Å²) >= 11 is 0. The van der Waals surface area contributed by atoms with E-state index in [-0.39, 0.29) is 0 Å². The van der Waals surface area contributed by atoms with Crippen LogP contribution in [0.15, 0.2) is 11.8 Å². The van der Waals surface area contributed by atoms with Gasteiger partial charge in [-0.3, -0.25) is 0 Å². The lowest BCUT2D eigenvalue weighted by Gasteiger charge is -2.14. The van der Waals surface area contributed by atoms with E-state index in [0.717, 1.165) is 12.8 Å². The van der Waals surface area contributed by atoms with Gasteiger partial charge in [-0.15, -0.1) is 0 Å². The molecule has 1 rings (SSSR count). The van der Waals surface area contributed by atoms with Crippen LogP contribution in [0.25, 0.3) is 0 Å². The van der Waals surface area contributed by atoms with E-state index in [0.29, 0.717) is 11.7 Å². The second-order valence-electron chi connectivity index (χ2n) is 2.46. The molecule has 0 heterocycles. The van der Waals surface area contributed by atoms with E-state index < -0.39 is 0 Å². The summed E-state index contributed by atoms with van der Waals surface area (Å²) in [6.45, 7) is 2.06. The third kappa shape index (κ3) is 1.03. The minimum absolute atomic E-state index is 0.420. The largest absolute Gasteiger partial charge is 0.512 e. The second-order valence-corrected chi connectivity index (χ2v) is 2.46. The van der Waals surface area contributed by atoms with Crippen LogP contribution in [0.3, 0.4) is 0 Å². The van der Waals surface area contributed by atoms with Crippen molar-refractivity contribution in [2.45, 2.75) is 26.2 Å². The molecule has 1 nitrogen and oxygen atoms in total. The fraction of sp³-hybridized carbons (Fsp3) is 0.714. The van der Waals surface area contributed by atoms with Gasteiger partial charge in [0.2, 0.25) is 0 Å². The van der Waals surface area contributed by atoms with Crippen LogP contribution >= 0.6 is 0 Å². The summed E-state index contributed by atoms with van der Waals surface area (Å²) in [6.07, 6.45) is 5.39. The molecule has 0 aliphatic heterocycles. The highest BCUT2D eigenvalue weighted by atomic mass is 16.3. The van der Waals surface area contributed by atoms with Gasteiger partial charge in [-0.25, -0.2) is 0 Å². The Morgan fingerprint density at radius 1 is 1.75 bits per heavy atom. The van der Waals surface area contributed by atoms with Crippen molar-refractivity contribution in [1.82, 2.24) is 0 Å². The molecule has 0 amide bonds. The zero-order chi connectivity index (χ0) is 5.98. The van der Waals surface area contributed by atoms with Gasteiger partial charge in [0.25, 0.3) is 0 Å². The Balaban J connectivity index is 2.53. The highest BCUT2D eigenvalue weighted by Gasteiger charge is 2.09. The maximum atomic E-state index is 9.04. The van der Waals surface area contributed by atoms with E-state index in [2.05, 4.69) is 6.92 Å². The van der Waals surface area contributed by atoms with Gasteiger partial charge in [-0.1, -0.05) is 6.92 Å². The van der Waals surface area contributed by atoms with Crippen LogP contribution in [0.5, 0.6) is 0 Å². The van der Waals surface area contributed by atoms with E-state index >= 15 is 0 Å². The van der Waals surface area contributed by atoms with Crippen LogP contribution in [-0.2, 0) is 0 Å².